The highest BCUT2D eigenvalue weighted by molar-refractivity contribution is 9.10. The van der Waals surface area contributed by atoms with Gasteiger partial charge in [-0.3, -0.25) is 0 Å². The van der Waals surface area contributed by atoms with Gasteiger partial charge in [-0.1, -0.05) is 15.9 Å². The Morgan fingerprint density at radius 1 is 1.32 bits per heavy atom. The van der Waals surface area contributed by atoms with Crippen LogP contribution in [-0.2, 0) is 6.54 Å². The van der Waals surface area contributed by atoms with E-state index in [4.69, 9.17) is 4.74 Å². The molecule has 0 fully saturated rings. The molecule has 1 unspecified atom stereocenters. The van der Waals surface area contributed by atoms with Gasteiger partial charge >= 0.3 is 0 Å². The van der Waals surface area contributed by atoms with E-state index in [0.717, 1.165) is 29.8 Å². The van der Waals surface area contributed by atoms with Crippen LogP contribution in [0.15, 0.2) is 38.6 Å². The van der Waals surface area contributed by atoms with Crippen LogP contribution in [0.5, 0.6) is 5.75 Å². The number of ether oxygens (including phenoxy) is 1. The molecule has 19 heavy (non-hydrogen) atoms. The standard InChI is InChI=1S/C14H13Br2NOS/c15-9-1-2-13-10(7-9)12(3-5-18-13)17-8-14-11(16)4-6-19-14/h1-2,4,6-7,12,17H,3,5,8H2. The lowest BCUT2D eigenvalue weighted by molar-refractivity contribution is 0.252. The first-order chi connectivity index (χ1) is 9.24. The first-order valence-electron chi connectivity index (χ1n) is 6.11. The summed E-state index contributed by atoms with van der Waals surface area (Å²) in [6.45, 7) is 1.66. The molecule has 100 valence electrons. The van der Waals surface area contributed by atoms with Crippen molar-refractivity contribution < 1.29 is 4.74 Å². The van der Waals surface area contributed by atoms with Crippen molar-refractivity contribution in [1.82, 2.24) is 5.32 Å². The van der Waals surface area contributed by atoms with Crippen molar-refractivity contribution in [3.8, 4) is 5.75 Å². The van der Waals surface area contributed by atoms with Gasteiger partial charge in [0.05, 0.1) is 6.61 Å². The molecule has 1 N–H and O–H groups in total. The topological polar surface area (TPSA) is 21.3 Å². The predicted octanol–water partition coefficient (Wildman–Crippen LogP) is 4.89. The Morgan fingerprint density at radius 3 is 3.00 bits per heavy atom. The number of halogens is 2. The van der Waals surface area contributed by atoms with E-state index in [-0.39, 0.29) is 0 Å². The van der Waals surface area contributed by atoms with Crippen molar-refractivity contribution in [2.45, 2.75) is 19.0 Å². The molecule has 0 saturated carbocycles. The first-order valence-corrected chi connectivity index (χ1v) is 8.58. The summed E-state index contributed by atoms with van der Waals surface area (Å²) < 4.78 is 7.99. The normalized spacial score (nSPS) is 17.9. The number of fused-ring (bicyclic) bond motifs is 1. The van der Waals surface area contributed by atoms with Crippen LogP contribution < -0.4 is 10.1 Å². The SMILES string of the molecule is Brc1ccc2c(c1)C(NCc1sccc1Br)CCO2. The Hall–Kier alpha value is -0.360. The average Bonchev–Trinajstić information content (AvgIpc) is 2.82. The lowest BCUT2D eigenvalue weighted by atomic mass is 10.0. The maximum absolute atomic E-state index is 5.70. The molecule has 2 aromatic rings. The van der Waals surface area contributed by atoms with E-state index in [1.165, 1.54) is 14.9 Å². The number of thiophene rings is 1. The first kappa shape index (κ1) is 13.6. The highest BCUT2D eigenvalue weighted by Gasteiger charge is 2.21. The van der Waals surface area contributed by atoms with E-state index in [1.807, 2.05) is 12.1 Å². The molecule has 5 heteroatoms. The zero-order chi connectivity index (χ0) is 13.2. The van der Waals surface area contributed by atoms with Crippen molar-refractivity contribution in [2.24, 2.45) is 0 Å². The quantitative estimate of drug-likeness (QED) is 0.789. The smallest absolute Gasteiger partial charge is 0.124 e. The number of hydrogen-bond donors (Lipinski definition) is 1. The molecular formula is C14H13Br2NOS. The molecule has 0 spiro atoms. The summed E-state index contributed by atoms with van der Waals surface area (Å²) >= 11 is 8.88. The Bertz CT molecular complexity index is 585. The second-order valence-electron chi connectivity index (χ2n) is 4.44. The van der Waals surface area contributed by atoms with Crippen molar-refractivity contribution in [1.29, 1.82) is 0 Å². The molecule has 1 aliphatic heterocycles. The summed E-state index contributed by atoms with van der Waals surface area (Å²) in [6.07, 6.45) is 1.01. The fraction of sp³-hybridized carbons (Fsp3) is 0.286. The minimum Gasteiger partial charge on any atom is -0.493 e. The summed E-state index contributed by atoms with van der Waals surface area (Å²) in [5.41, 5.74) is 1.24. The molecule has 1 aliphatic rings. The molecule has 0 radical (unpaired) electrons. The summed E-state index contributed by atoms with van der Waals surface area (Å²) in [5, 5.41) is 5.73. The Labute approximate surface area is 133 Å². The molecule has 2 heterocycles. The number of hydrogen-bond acceptors (Lipinski definition) is 3. The third kappa shape index (κ3) is 3.05. The van der Waals surface area contributed by atoms with E-state index in [2.05, 4.69) is 54.7 Å². The van der Waals surface area contributed by atoms with E-state index in [0.29, 0.717) is 6.04 Å². The number of nitrogens with one attached hydrogen (secondary N) is 1. The summed E-state index contributed by atoms with van der Waals surface area (Å²) in [5.74, 6) is 0.997. The fourth-order valence-electron chi connectivity index (χ4n) is 2.24. The van der Waals surface area contributed by atoms with Gasteiger partial charge in [-0.2, -0.15) is 0 Å². The van der Waals surface area contributed by atoms with Gasteiger partial charge in [0.1, 0.15) is 5.75 Å². The molecule has 0 bridgehead atoms. The molecule has 2 nitrogen and oxygen atoms in total. The van der Waals surface area contributed by atoms with Gasteiger partial charge in [-0.25, -0.2) is 0 Å². The molecule has 1 aromatic carbocycles. The molecule has 0 amide bonds. The van der Waals surface area contributed by atoms with Gasteiger partial charge in [0.2, 0.25) is 0 Å². The molecule has 1 atom stereocenters. The zero-order valence-corrected chi connectivity index (χ0v) is 14.1. The third-order valence-electron chi connectivity index (χ3n) is 3.21. The van der Waals surface area contributed by atoms with Gasteiger partial charge in [0.15, 0.2) is 0 Å². The number of benzene rings is 1. The van der Waals surface area contributed by atoms with E-state index in [1.54, 1.807) is 11.3 Å². The minimum atomic E-state index is 0.357. The molecule has 1 aromatic heterocycles. The summed E-state index contributed by atoms with van der Waals surface area (Å²) in [6, 6.07) is 8.66. The average molecular weight is 403 g/mol. The van der Waals surface area contributed by atoms with Crippen LogP contribution in [0.2, 0.25) is 0 Å². The van der Waals surface area contributed by atoms with Crippen molar-refractivity contribution in [3.05, 3.63) is 49.0 Å². The lowest BCUT2D eigenvalue weighted by Crippen LogP contribution is -2.26. The van der Waals surface area contributed by atoms with Gasteiger partial charge in [-0.15, -0.1) is 11.3 Å². The maximum atomic E-state index is 5.70. The van der Waals surface area contributed by atoms with Crippen LogP contribution in [-0.4, -0.2) is 6.61 Å². The largest absolute Gasteiger partial charge is 0.493 e. The second kappa shape index (κ2) is 5.95. The van der Waals surface area contributed by atoms with Crippen LogP contribution in [0, 0.1) is 0 Å². The molecular weight excluding hydrogens is 390 g/mol. The van der Waals surface area contributed by atoms with Crippen LogP contribution in [0.1, 0.15) is 22.9 Å². The van der Waals surface area contributed by atoms with Crippen LogP contribution in [0.4, 0.5) is 0 Å². The Morgan fingerprint density at radius 2 is 2.21 bits per heavy atom. The predicted molar refractivity (Wildman–Crippen MR) is 85.9 cm³/mol. The van der Waals surface area contributed by atoms with Gasteiger partial charge < -0.3 is 10.1 Å². The Balaban J connectivity index is 1.76. The highest BCUT2D eigenvalue weighted by atomic mass is 79.9. The fourth-order valence-corrected chi connectivity index (χ4v) is 4.07. The summed E-state index contributed by atoms with van der Waals surface area (Å²) in [4.78, 5) is 1.34. The van der Waals surface area contributed by atoms with E-state index >= 15 is 0 Å². The van der Waals surface area contributed by atoms with Crippen LogP contribution in [0.3, 0.4) is 0 Å². The van der Waals surface area contributed by atoms with E-state index in [9.17, 15) is 0 Å². The molecule has 0 saturated heterocycles. The second-order valence-corrected chi connectivity index (χ2v) is 7.22. The van der Waals surface area contributed by atoms with Crippen molar-refractivity contribution in [3.63, 3.8) is 0 Å². The minimum absolute atomic E-state index is 0.357. The lowest BCUT2D eigenvalue weighted by Gasteiger charge is -2.27. The summed E-state index contributed by atoms with van der Waals surface area (Å²) in [7, 11) is 0. The van der Waals surface area contributed by atoms with Crippen molar-refractivity contribution in [2.75, 3.05) is 6.61 Å². The van der Waals surface area contributed by atoms with Gasteiger partial charge in [0.25, 0.3) is 0 Å². The Kier molecular flexibility index (Phi) is 4.27. The van der Waals surface area contributed by atoms with Crippen LogP contribution >= 0.6 is 43.2 Å². The van der Waals surface area contributed by atoms with Gasteiger partial charge in [0, 0.05) is 38.4 Å². The van der Waals surface area contributed by atoms with E-state index < -0.39 is 0 Å². The highest BCUT2D eigenvalue weighted by Crippen LogP contribution is 2.34. The monoisotopic (exact) mass is 401 g/mol. The van der Waals surface area contributed by atoms with Gasteiger partial charge in [-0.05, 0) is 45.6 Å². The maximum Gasteiger partial charge on any atom is 0.124 e. The molecule has 3 rings (SSSR count). The molecule has 0 aliphatic carbocycles. The number of rotatable bonds is 3. The zero-order valence-electron chi connectivity index (χ0n) is 10.2. The third-order valence-corrected chi connectivity index (χ3v) is 5.63. The van der Waals surface area contributed by atoms with Crippen LogP contribution in [0.25, 0.3) is 0 Å². The van der Waals surface area contributed by atoms with Crippen molar-refractivity contribution >= 4 is 43.2 Å².